The molecule has 4 nitrogen and oxygen atoms in total. The zero-order chi connectivity index (χ0) is 16.8. The van der Waals surface area contributed by atoms with Crippen molar-refractivity contribution in [3.05, 3.63) is 0 Å². The first-order valence-electron chi connectivity index (χ1n) is 8.90. The Morgan fingerprint density at radius 3 is 1.86 bits per heavy atom. The molecule has 0 aromatic carbocycles. The summed E-state index contributed by atoms with van der Waals surface area (Å²) in [7, 11) is 0. The van der Waals surface area contributed by atoms with Crippen LogP contribution in [0.5, 0.6) is 0 Å². The van der Waals surface area contributed by atoms with Crippen LogP contribution in [0.25, 0.3) is 0 Å². The molecule has 0 rings (SSSR count). The van der Waals surface area contributed by atoms with Gasteiger partial charge in [-0.1, -0.05) is 71.6 Å². The van der Waals surface area contributed by atoms with E-state index >= 15 is 0 Å². The Bertz CT molecular complexity index is 301. The molecule has 2 unspecified atom stereocenters. The molecule has 0 fully saturated rings. The molecule has 0 heterocycles. The number of carbonyl (C=O) groups excluding carboxylic acids is 2. The van der Waals surface area contributed by atoms with Crippen LogP contribution in [0, 0.1) is 5.92 Å². The summed E-state index contributed by atoms with van der Waals surface area (Å²) in [6.45, 7) is 5.47. The van der Waals surface area contributed by atoms with E-state index in [0.717, 1.165) is 32.1 Å². The first-order chi connectivity index (χ1) is 10.5. The molecule has 4 heteroatoms. The smallest absolute Gasteiger partial charge is 0.303 e. The van der Waals surface area contributed by atoms with E-state index < -0.39 is 18.0 Å². The van der Waals surface area contributed by atoms with Crippen molar-refractivity contribution in [1.29, 1.82) is 0 Å². The molecule has 0 amide bonds. The first-order valence-corrected chi connectivity index (χ1v) is 8.90. The van der Waals surface area contributed by atoms with Crippen molar-refractivity contribution in [1.82, 2.24) is 0 Å². The third kappa shape index (κ3) is 10.6. The largest absolute Gasteiger partial charge is 0.546 e. The van der Waals surface area contributed by atoms with Gasteiger partial charge >= 0.3 is 5.97 Å². The molecular formula is C18H33O4-. The molecule has 130 valence electrons. The van der Waals surface area contributed by atoms with Crippen LogP contribution in [-0.2, 0) is 14.3 Å². The Labute approximate surface area is 135 Å². The van der Waals surface area contributed by atoms with Gasteiger partial charge in [0.25, 0.3) is 0 Å². The number of rotatable bonds is 14. The molecule has 0 aromatic heterocycles. The average Bonchev–Trinajstić information content (AvgIpc) is 2.46. The minimum absolute atomic E-state index is 0.126. The number of carbonyl (C=O) groups is 2. The molecule has 0 saturated carbocycles. The fourth-order valence-corrected chi connectivity index (χ4v) is 2.87. The molecule has 0 saturated heterocycles. The van der Waals surface area contributed by atoms with E-state index in [-0.39, 0.29) is 5.92 Å². The molecule has 2 atom stereocenters. The Hall–Kier alpha value is -1.06. The van der Waals surface area contributed by atoms with E-state index in [1.54, 1.807) is 0 Å². The minimum Gasteiger partial charge on any atom is -0.546 e. The highest BCUT2D eigenvalue weighted by atomic mass is 16.6. The molecule has 0 aromatic rings. The summed E-state index contributed by atoms with van der Waals surface area (Å²) in [5, 5.41) is 11.2. The van der Waals surface area contributed by atoms with Crippen molar-refractivity contribution in [2.45, 2.75) is 97.5 Å². The Kier molecular flexibility index (Phi) is 12.9. The van der Waals surface area contributed by atoms with Gasteiger partial charge in [-0.25, -0.2) is 0 Å². The Balaban J connectivity index is 4.06. The van der Waals surface area contributed by atoms with Gasteiger partial charge in [0.1, 0.15) is 6.10 Å². The standard InChI is InChI=1S/C18H34O4/c1-4-6-7-8-9-10-11-12-14-16(13-5-2)17(18(20)21)22-15(3)19/h16-17H,4-14H2,1-3H3,(H,20,21)/p-1. The lowest BCUT2D eigenvalue weighted by Gasteiger charge is -2.27. The minimum atomic E-state index is -1.27. The van der Waals surface area contributed by atoms with Crippen LogP contribution in [0.15, 0.2) is 0 Å². The predicted molar refractivity (Wildman–Crippen MR) is 86.2 cm³/mol. The highest BCUT2D eigenvalue weighted by molar-refractivity contribution is 5.75. The number of unbranched alkanes of at least 4 members (excludes halogenated alkanes) is 7. The maximum Gasteiger partial charge on any atom is 0.303 e. The average molecular weight is 313 g/mol. The lowest BCUT2D eigenvalue weighted by Crippen LogP contribution is -2.43. The summed E-state index contributed by atoms with van der Waals surface area (Å²) in [5.41, 5.74) is 0. The highest BCUT2D eigenvalue weighted by Crippen LogP contribution is 2.22. The maximum atomic E-state index is 11.2. The zero-order valence-electron chi connectivity index (χ0n) is 14.6. The number of hydrogen-bond acceptors (Lipinski definition) is 4. The van der Waals surface area contributed by atoms with E-state index in [4.69, 9.17) is 4.74 Å². The number of carboxylic acid groups (broad SMARTS) is 1. The van der Waals surface area contributed by atoms with Crippen molar-refractivity contribution >= 4 is 11.9 Å². The summed E-state index contributed by atoms with van der Waals surface area (Å²) in [6, 6.07) is 0. The fourth-order valence-electron chi connectivity index (χ4n) is 2.87. The van der Waals surface area contributed by atoms with Crippen LogP contribution < -0.4 is 5.11 Å². The van der Waals surface area contributed by atoms with Gasteiger partial charge in [-0.05, 0) is 12.8 Å². The SMILES string of the molecule is CCCCCCCCCCC(CCC)C(OC(C)=O)C(=O)[O-]. The van der Waals surface area contributed by atoms with Crippen molar-refractivity contribution in [3.8, 4) is 0 Å². The van der Waals surface area contributed by atoms with Crippen LogP contribution in [0.4, 0.5) is 0 Å². The molecule has 0 radical (unpaired) electrons. The number of ether oxygens (including phenoxy) is 1. The van der Waals surface area contributed by atoms with Gasteiger partial charge < -0.3 is 14.6 Å². The van der Waals surface area contributed by atoms with Crippen LogP contribution in [0.2, 0.25) is 0 Å². The van der Waals surface area contributed by atoms with Crippen molar-refractivity contribution < 1.29 is 19.4 Å². The van der Waals surface area contributed by atoms with Gasteiger partial charge in [-0.3, -0.25) is 4.79 Å². The van der Waals surface area contributed by atoms with E-state index in [2.05, 4.69) is 6.92 Å². The summed E-state index contributed by atoms with van der Waals surface area (Å²) in [5.74, 6) is -1.95. The van der Waals surface area contributed by atoms with Gasteiger partial charge in [-0.2, -0.15) is 0 Å². The molecule has 0 aliphatic rings. The maximum absolute atomic E-state index is 11.2. The summed E-state index contributed by atoms with van der Waals surface area (Å²) >= 11 is 0. The molecule has 0 spiro atoms. The van der Waals surface area contributed by atoms with Crippen LogP contribution >= 0.6 is 0 Å². The van der Waals surface area contributed by atoms with Gasteiger partial charge in [0.15, 0.2) is 0 Å². The van der Waals surface area contributed by atoms with E-state index in [0.29, 0.717) is 0 Å². The van der Waals surface area contributed by atoms with Crippen LogP contribution in [0.1, 0.15) is 91.4 Å². The second-order valence-electron chi connectivity index (χ2n) is 6.16. The summed E-state index contributed by atoms with van der Waals surface area (Å²) in [4.78, 5) is 22.3. The molecule has 22 heavy (non-hydrogen) atoms. The van der Waals surface area contributed by atoms with E-state index in [9.17, 15) is 14.7 Å². The lowest BCUT2D eigenvalue weighted by molar-refractivity contribution is -0.318. The van der Waals surface area contributed by atoms with Gasteiger partial charge in [0, 0.05) is 12.8 Å². The normalized spacial score (nSPS) is 13.6. The van der Waals surface area contributed by atoms with Crippen molar-refractivity contribution in [2.75, 3.05) is 0 Å². The van der Waals surface area contributed by atoms with Crippen LogP contribution in [0.3, 0.4) is 0 Å². The number of hydrogen-bond donors (Lipinski definition) is 0. The monoisotopic (exact) mass is 313 g/mol. The highest BCUT2D eigenvalue weighted by Gasteiger charge is 2.24. The second-order valence-corrected chi connectivity index (χ2v) is 6.16. The quantitative estimate of drug-likeness (QED) is 0.363. The number of esters is 1. The number of carboxylic acids is 1. The predicted octanol–water partition coefficient (Wildman–Crippen LogP) is 3.62. The number of aliphatic carboxylic acids is 1. The van der Waals surface area contributed by atoms with Crippen LogP contribution in [-0.4, -0.2) is 18.0 Å². The third-order valence-electron chi connectivity index (χ3n) is 4.04. The van der Waals surface area contributed by atoms with Crippen molar-refractivity contribution in [2.24, 2.45) is 5.92 Å². The van der Waals surface area contributed by atoms with Crippen molar-refractivity contribution in [3.63, 3.8) is 0 Å². The summed E-state index contributed by atoms with van der Waals surface area (Å²) in [6.07, 6.45) is 11.1. The first kappa shape index (κ1) is 20.9. The molecule has 0 N–H and O–H groups in total. The molecule has 0 bridgehead atoms. The lowest BCUT2D eigenvalue weighted by atomic mass is 9.90. The molecular weight excluding hydrogens is 280 g/mol. The van der Waals surface area contributed by atoms with Gasteiger partial charge in [0.05, 0.1) is 5.97 Å². The topological polar surface area (TPSA) is 66.4 Å². The Morgan fingerprint density at radius 2 is 1.41 bits per heavy atom. The van der Waals surface area contributed by atoms with E-state index in [1.165, 1.54) is 45.4 Å². The fraction of sp³-hybridized carbons (Fsp3) is 0.889. The zero-order valence-corrected chi connectivity index (χ0v) is 14.6. The second kappa shape index (κ2) is 13.6. The Morgan fingerprint density at radius 1 is 0.864 bits per heavy atom. The molecule has 0 aliphatic heterocycles. The van der Waals surface area contributed by atoms with Gasteiger partial charge in [0.2, 0.25) is 0 Å². The molecule has 0 aliphatic carbocycles. The van der Waals surface area contributed by atoms with Gasteiger partial charge in [-0.15, -0.1) is 0 Å². The van der Waals surface area contributed by atoms with E-state index in [1.807, 2.05) is 6.92 Å². The third-order valence-corrected chi connectivity index (χ3v) is 4.04. The summed E-state index contributed by atoms with van der Waals surface area (Å²) < 4.78 is 4.95.